The van der Waals surface area contributed by atoms with Gasteiger partial charge in [-0.2, -0.15) is 0 Å². The van der Waals surface area contributed by atoms with E-state index in [0.717, 1.165) is 22.3 Å². The molecule has 0 aromatic heterocycles. The Hall–Kier alpha value is -3.88. The van der Waals surface area contributed by atoms with Gasteiger partial charge in [-0.15, -0.1) is 0 Å². The first-order valence-electron chi connectivity index (χ1n) is 11.7. The molecule has 4 N–H and O–H groups in total. The third-order valence-corrected chi connectivity index (χ3v) is 5.99. The highest BCUT2D eigenvalue weighted by Crippen LogP contribution is 2.44. The van der Waals surface area contributed by atoms with E-state index in [2.05, 4.69) is 28.1 Å². The van der Waals surface area contributed by atoms with Gasteiger partial charge < -0.3 is 25.8 Å². The molecule has 0 saturated heterocycles. The molecule has 0 saturated carbocycles. The van der Waals surface area contributed by atoms with Gasteiger partial charge in [-0.05, 0) is 41.0 Å². The van der Waals surface area contributed by atoms with E-state index in [1.165, 1.54) is 0 Å². The lowest BCUT2D eigenvalue weighted by Crippen LogP contribution is -2.42. The minimum atomic E-state index is -0.838. The van der Waals surface area contributed by atoms with Crippen LogP contribution in [0.15, 0.2) is 48.5 Å². The van der Waals surface area contributed by atoms with Gasteiger partial charge in [0.05, 0.1) is 6.54 Å². The molecule has 0 bridgehead atoms. The van der Waals surface area contributed by atoms with E-state index in [4.69, 9.17) is 9.84 Å². The van der Waals surface area contributed by atoms with Crippen LogP contribution in [0.1, 0.15) is 43.2 Å². The van der Waals surface area contributed by atoms with Crippen LogP contribution < -0.4 is 16.0 Å². The summed E-state index contributed by atoms with van der Waals surface area (Å²) in [5, 5.41) is 16.2. The smallest absolute Gasteiger partial charge is 0.407 e. The highest BCUT2D eigenvalue weighted by atomic mass is 16.5. The number of carboxylic acids is 1. The average molecular weight is 482 g/mol. The number of carbonyl (C=O) groups excluding carboxylic acids is 3. The molecule has 0 aliphatic heterocycles. The lowest BCUT2D eigenvalue weighted by atomic mass is 9.98. The number of carbonyl (C=O) groups is 4. The zero-order valence-corrected chi connectivity index (χ0v) is 19.7. The van der Waals surface area contributed by atoms with Gasteiger partial charge in [0.2, 0.25) is 11.8 Å². The largest absolute Gasteiger partial charge is 0.481 e. The Kier molecular flexibility index (Phi) is 9.23. The van der Waals surface area contributed by atoms with Crippen LogP contribution >= 0.6 is 0 Å². The summed E-state index contributed by atoms with van der Waals surface area (Å²) in [6, 6.07) is 16.0. The summed E-state index contributed by atoms with van der Waals surface area (Å²) < 4.78 is 5.38. The van der Waals surface area contributed by atoms with Gasteiger partial charge in [-0.1, -0.05) is 55.5 Å². The Morgan fingerprint density at radius 3 is 2.06 bits per heavy atom. The molecular weight excluding hydrogens is 450 g/mol. The van der Waals surface area contributed by atoms with Crippen molar-refractivity contribution in [3.63, 3.8) is 0 Å². The number of fused-ring (bicyclic) bond motifs is 3. The van der Waals surface area contributed by atoms with E-state index in [1.807, 2.05) is 43.3 Å². The van der Waals surface area contributed by atoms with Crippen LogP contribution in [0, 0.1) is 5.92 Å². The molecule has 0 heterocycles. The molecule has 35 heavy (non-hydrogen) atoms. The van der Waals surface area contributed by atoms with E-state index in [-0.39, 0.29) is 43.9 Å². The number of alkyl carbamates (subject to hydrolysis) is 1. The molecule has 0 fully saturated rings. The van der Waals surface area contributed by atoms with Crippen LogP contribution in [0.2, 0.25) is 0 Å². The maximum atomic E-state index is 12.1. The van der Waals surface area contributed by atoms with Crippen molar-refractivity contribution >= 4 is 23.9 Å². The molecule has 3 amide bonds. The van der Waals surface area contributed by atoms with Crippen LogP contribution in [0.4, 0.5) is 4.79 Å². The lowest BCUT2D eigenvalue weighted by Gasteiger charge is -2.14. The minimum absolute atomic E-state index is 0.0717. The average Bonchev–Trinajstić information content (AvgIpc) is 3.17. The van der Waals surface area contributed by atoms with Gasteiger partial charge in [0.15, 0.2) is 0 Å². The van der Waals surface area contributed by atoms with E-state index in [1.54, 1.807) is 0 Å². The van der Waals surface area contributed by atoms with Gasteiger partial charge in [0.1, 0.15) is 13.2 Å². The summed E-state index contributed by atoms with van der Waals surface area (Å²) in [6.45, 7) is 1.94. The van der Waals surface area contributed by atoms with Gasteiger partial charge in [0, 0.05) is 18.9 Å². The van der Waals surface area contributed by atoms with E-state index in [9.17, 15) is 19.2 Å². The first-order valence-corrected chi connectivity index (χ1v) is 11.7. The Morgan fingerprint density at radius 1 is 0.857 bits per heavy atom. The van der Waals surface area contributed by atoms with Crippen molar-refractivity contribution in [2.24, 2.45) is 5.92 Å². The van der Waals surface area contributed by atoms with Crippen molar-refractivity contribution in [1.29, 1.82) is 0 Å². The summed E-state index contributed by atoms with van der Waals surface area (Å²) in [7, 11) is 0. The first kappa shape index (κ1) is 25.7. The molecule has 1 aliphatic carbocycles. The second-order valence-electron chi connectivity index (χ2n) is 8.63. The fourth-order valence-corrected chi connectivity index (χ4v) is 4.08. The number of amides is 3. The molecule has 186 valence electrons. The van der Waals surface area contributed by atoms with Crippen molar-refractivity contribution in [3.8, 4) is 11.1 Å². The molecule has 1 unspecified atom stereocenters. The predicted molar refractivity (Wildman–Crippen MR) is 130 cm³/mol. The molecule has 1 aliphatic rings. The summed E-state index contributed by atoms with van der Waals surface area (Å²) >= 11 is 0. The van der Waals surface area contributed by atoms with E-state index >= 15 is 0 Å². The fraction of sp³-hybridized carbons (Fsp3) is 0.385. The van der Waals surface area contributed by atoms with Gasteiger partial charge in [-0.25, -0.2) is 4.79 Å². The van der Waals surface area contributed by atoms with Crippen molar-refractivity contribution in [2.75, 3.05) is 26.2 Å². The number of aliphatic carboxylic acids is 1. The summed E-state index contributed by atoms with van der Waals surface area (Å²) in [6.07, 6.45) is 0.587. The third kappa shape index (κ3) is 7.56. The maximum Gasteiger partial charge on any atom is 0.407 e. The molecule has 9 nitrogen and oxygen atoms in total. The second-order valence-corrected chi connectivity index (χ2v) is 8.63. The number of hydrogen-bond acceptors (Lipinski definition) is 5. The summed E-state index contributed by atoms with van der Waals surface area (Å²) in [5.41, 5.74) is 4.46. The third-order valence-electron chi connectivity index (χ3n) is 5.99. The Bertz CT molecular complexity index is 1030. The lowest BCUT2D eigenvalue weighted by molar-refractivity contribution is -0.137. The van der Waals surface area contributed by atoms with Gasteiger partial charge in [0.25, 0.3) is 0 Å². The SMILES string of the molecule is CC(CCNC(=O)CNC(=O)CNC(=O)OCC1c2ccccc2-c2ccccc21)CCC(=O)O. The first-order chi connectivity index (χ1) is 16.8. The molecule has 3 rings (SSSR count). The molecular formula is C26H31N3O6. The van der Waals surface area contributed by atoms with Crippen LogP contribution in [0.5, 0.6) is 0 Å². The standard InChI is InChI=1S/C26H31N3O6/c1-17(10-11-25(32)33)12-13-27-23(30)14-28-24(31)15-29-26(34)35-16-22-20-8-4-2-6-18(20)19-7-3-5-9-21(19)22/h2-9,17,22H,10-16H2,1H3,(H,27,30)(H,28,31)(H,29,34)(H,32,33). The molecule has 1 atom stereocenters. The van der Waals surface area contributed by atoms with Crippen molar-refractivity contribution in [1.82, 2.24) is 16.0 Å². The van der Waals surface area contributed by atoms with Crippen molar-refractivity contribution < 1.29 is 29.0 Å². The van der Waals surface area contributed by atoms with Gasteiger partial charge >= 0.3 is 12.1 Å². The van der Waals surface area contributed by atoms with Gasteiger partial charge in [-0.3, -0.25) is 14.4 Å². The molecule has 2 aromatic rings. The Balaban J connectivity index is 1.33. The van der Waals surface area contributed by atoms with Crippen LogP contribution in [0.3, 0.4) is 0 Å². The highest BCUT2D eigenvalue weighted by molar-refractivity contribution is 5.87. The number of hydrogen-bond donors (Lipinski definition) is 4. The summed E-state index contributed by atoms with van der Waals surface area (Å²) in [5.74, 6) is -1.61. The molecule has 0 radical (unpaired) electrons. The Morgan fingerprint density at radius 2 is 1.43 bits per heavy atom. The zero-order chi connectivity index (χ0) is 25.2. The van der Waals surface area contributed by atoms with Crippen LogP contribution in [-0.4, -0.2) is 55.2 Å². The number of rotatable bonds is 12. The van der Waals surface area contributed by atoms with Crippen molar-refractivity contribution in [3.05, 3.63) is 59.7 Å². The van der Waals surface area contributed by atoms with Crippen LogP contribution in [0.25, 0.3) is 11.1 Å². The predicted octanol–water partition coefficient (Wildman–Crippen LogP) is 2.65. The highest BCUT2D eigenvalue weighted by Gasteiger charge is 2.29. The fourth-order valence-electron chi connectivity index (χ4n) is 4.08. The second kappa shape index (κ2) is 12.5. The maximum absolute atomic E-state index is 12.1. The normalized spacial score (nSPS) is 12.7. The Labute approximate surface area is 204 Å². The van der Waals surface area contributed by atoms with E-state index < -0.39 is 18.0 Å². The number of nitrogens with one attached hydrogen (secondary N) is 3. The monoisotopic (exact) mass is 481 g/mol. The number of carboxylic acid groups (broad SMARTS) is 1. The van der Waals surface area contributed by atoms with Crippen LogP contribution in [-0.2, 0) is 19.1 Å². The molecule has 0 spiro atoms. The number of benzene rings is 2. The minimum Gasteiger partial charge on any atom is -0.481 e. The number of ether oxygens (including phenoxy) is 1. The van der Waals surface area contributed by atoms with Crippen molar-refractivity contribution in [2.45, 2.75) is 32.1 Å². The zero-order valence-electron chi connectivity index (χ0n) is 19.7. The topological polar surface area (TPSA) is 134 Å². The van der Waals surface area contributed by atoms with E-state index in [0.29, 0.717) is 19.4 Å². The molecule has 2 aromatic carbocycles. The molecule has 9 heteroatoms. The summed E-state index contributed by atoms with van der Waals surface area (Å²) in [4.78, 5) is 46.5. The quantitative estimate of drug-likeness (QED) is 0.368.